The average Bonchev–Trinajstić information content (AvgIpc) is 3.56. The Morgan fingerprint density at radius 2 is 1.56 bits per heavy atom. The van der Waals surface area contributed by atoms with E-state index in [4.69, 9.17) is 5.10 Å². The Morgan fingerprint density at radius 1 is 0.906 bits per heavy atom. The van der Waals surface area contributed by atoms with Crippen molar-refractivity contribution in [3.63, 3.8) is 0 Å². The summed E-state index contributed by atoms with van der Waals surface area (Å²) in [5, 5.41) is 7.68. The van der Waals surface area contributed by atoms with Crippen molar-refractivity contribution in [2.24, 2.45) is 0 Å². The molecule has 1 aliphatic heterocycles. The minimum Gasteiger partial charge on any atom is -0.345 e. The predicted octanol–water partition coefficient (Wildman–Crippen LogP) is 2.46. The van der Waals surface area contributed by atoms with Crippen LogP contribution in [0.2, 0.25) is 0 Å². The summed E-state index contributed by atoms with van der Waals surface area (Å²) in [7, 11) is 0. The highest BCUT2D eigenvalue weighted by Crippen LogP contribution is 2.25. The number of amides is 2. The summed E-state index contributed by atoms with van der Waals surface area (Å²) >= 11 is 0. The highest BCUT2D eigenvalue weighted by Gasteiger charge is 2.31. The normalized spacial score (nSPS) is 16.7. The molecule has 1 N–H and O–H groups in total. The fourth-order valence-corrected chi connectivity index (χ4v) is 4.05. The smallest absolute Gasteiger partial charge is 0.311 e. The second kappa shape index (κ2) is 8.96. The molecule has 2 aromatic carbocycles. The van der Waals surface area contributed by atoms with Gasteiger partial charge in [0.15, 0.2) is 0 Å². The molecule has 2 fully saturated rings. The zero-order valence-electron chi connectivity index (χ0n) is 18.0. The number of carbonyl (C=O) groups is 2. The van der Waals surface area contributed by atoms with Crippen LogP contribution >= 0.6 is 0 Å². The first kappa shape index (κ1) is 20.5. The molecular weight excluding hydrogens is 402 g/mol. The summed E-state index contributed by atoms with van der Waals surface area (Å²) in [6.45, 7) is 3.32. The van der Waals surface area contributed by atoms with E-state index in [1.165, 1.54) is 0 Å². The van der Waals surface area contributed by atoms with Gasteiger partial charge in [0.1, 0.15) is 0 Å². The summed E-state index contributed by atoms with van der Waals surface area (Å²) < 4.78 is 1.93. The highest BCUT2D eigenvalue weighted by atomic mass is 16.2. The van der Waals surface area contributed by atoms with Gasteiger partial charge in [-0.05, 0) is 25.0 Å². The zero-order valence-corrected chi connectivity index (χ0v) is 18.0. The lowest BCUT2D eigenvalue weighted by Gasteiger charge is -2.34. The molecule has 7 heteroatoms. The number of carbonyl (C=O) groups excluding carboxylic acids is 2. The first-order chi connectivity index (χ1) is 15.7. The molecule has 2 amide bonds. The van der Waals surface area contributed by atoms with Crippen LogP contribution in [-0.2, 0) is 16.1 Å². The summed E-state index contributed by atoms with van der Waals surface area (Å²) in [5.41, 5.74) is 4.22. The lowest BCUT2D eigenvalue weighted by molar-refractivity contribution is -0.147. The third kappa shape index (κ3) is 4.57. The molecule has 0 atom stereocenters. The molecule has 164 valence electrons. The number of hydrogen-bond donors (Lipinski definition) is 1. The van der Waals surface area contributed by atoms with Gasteiger partial charge in [0.05, 0.1) is 11.4 Å². The molecule has 1 saturated heterocycles. The Hall–Kier alpha value is -3.45. The van der Waals surface area contributed by atoms with E-state index in [0.717, 1.165) is 55.0 Å². The Kier molecular flexibility index (Phi) is 5.73. The van der Waals surface area contributed by atoms with Crippen molar-refractivity contribution in [1.29, 1.82) is 0 Å². The van der Waals surface area contributed by atoms with Crippen LogP contribution in [0.5, 0.6) is 0 Å². The third-order valence-corrected chi connectivity index (χ3v) is 6.02. The number of nitrogens with zero attached hydrogens (tertiary/aromatic N) is 4. The van der Waals surface area contributed by atoms with Crippen molar-refractivity contribution in [2.75, 3.05) is 26.2 Å². The van der Waals surface area contributed by atoms with Crippen LogP contribution in [0.25, 0.3) is 16.9 Å². The quantitative estimate of drug-likeness (QED) is 0.633. The van der Waals surface area contributed by atoms with Gasteiger partial charge in [0.25, 0.3) is 0 Å². The second-order valence-corrected chi connectivity index (χ2v) is 8.47. The lowest BCUT2D eigenvalue weighted by atomic mass is 10.1. The highest BCUT2D eigenvalue weighted by molar-refractivity contribution is 6.35. The lowest BCUT2D eigenvalue weighted by Crippen LogP contribution is -2.52. The van der Waals surface area contributed by atoms with Gasteiger partial charge in [0, 0.05) is 56.1 Å². The summed E-state index contributed by atoms with van der Waals surface area (Å²) in [6, 6.07) is 20.5. The van der Waals surface area contributed by atoms with Gasteiger partial charge in [-0.25, -0.2) is 4.68 Å². The van der Waals surface area contributed by atoms with E-state index in [2.05, 4.69) is 28.5 Å². The van der Waals surface area contributed by atoms with E-state index in [0.29, 0.717) is 13.1 Å². The Morgan fingerprint density at radius 3 is 2.22 bits per heavy atom. The van der Waals surface area contributed by atoms with Crippen molar-refractivity contribution in [3.05, 3.63) is 72.4 Å². The maximum Gasteiger partial charge on any atom is 0.311 e. The number of piperazine rings is 1. The van der Waals surface area contributed by atoms with Crippen LogP contribution in [0.4, 0.5) is 0 Å². The molecule has 1 aromatic heterocycles. The molecule has 0 spiro atoms. The number of benzene rings is 2. The van der Waals surface area contributed by atoms with Crippen LogP contribution in [0.15, 0.2) is 66.9 Å². The van der Waals surface area contributed by atoms with E-state index >= 15 is 0 Å². The van der Waals surface area contributed by atoms with Crippen molar-refractivity contribution in [1.82, 2.24) is 24.9 Å². The molecular formula is C25H27N5O2. The topological polar surface area (TPSA) is 70.5 Å². The minimum atomic E-state index is -0.462. The van der Waals surface area contributed by atoms with Crippen molar-refractivity contribution in [3.8, 4) is 16.9 Å². The van der Waals surface area contributed by atoms with Crippen LogP contribution in [0, 0.1) is 0 Å². The molecule has 2 heterocycles. The van der Waals surface area contributed by atoms with Gasteiger partial charge < -0.3 is 10.2 Å². The maximum atomic E-state index is 12.4. The van der Waals surface area contributed by atoms with E-state index < -0.39 is 11.8 Å². The standard InChI is InChI=1S/C25H27N5O2/c31-24(26-21-11-12-21)25(32)29-15-13-28(14-16-29)17-20-18-30(22-9-5-2-6-10-22)27-23(20)19-7-3-1-4-8-19/h1-10,18,21H,11-17H2,(H,26,31). The molecule has 0 unspecified atom stereocenters. The molecule has 0 radical (unpaired) electrons. The number of aromatic nitrogens is 2. The molecule has 1 aliphatic carbocycles. The fourth-order valence-electron chi connectivity index (χ4n) is 4.05. The molecule has 2 aliphatic rings. The molecule has 32 heavy (non-hydrogen) atoms. The third-order valence-electron chi connectivity index (χ3n) is 6.02. The average molecular weight is 430 g/mol. The largest absolute Gasteiger partial charge is 0.345 e. The zero-order chi connectivity index (χ0) is 21.9. The molecule has 5 rings (SSSR count). The monoisotopic (exact) mass is 429 g/mol. The number of rotatable bonds is 5. The maximum absolute atomic E-state index is 12.4. The van der Waals surface area contributed by atoms with Gasteiger partial charge in [-0.3, -0.25) is 14.5 Å². The SMILES string of the molecule is O=C(NC1CC1)C(=O)N1CCN(Cc2cn(-c3ccccc3)nc2-c2ccccc2)CC1. The van der Waals surface area contributed by atoms with E-state index in [-0.39, 0.29) is 6.04 Å². The molecule has 0 bridgehead atoms. The van der Waals surface area contributed by atoms with E-state index in [9.17, 15) is 9.59 Å². The predicted molar refractivity (Wildman–Crippen MR) is 122 cm³/mol. The van der Waals surface area contributed by atoms with Gasteiger partial charge in [-0.15, -0.1) is 0 Å². The Labute approximate surface area is 187 Å². The number of nitrogens with one attached hydrogen (secondary N) is 1. The van der Waals surface area contributed by atoms with Crippen molar-refractivity contribution >= 4 is 11.8 Å². The summed E-state index contributed by atoms with van der Waals surface area (Å²) in [5.74, 6) is -0.866. The van der Waals surface area contributed by atoms with E-state index in [1.807, 2.05) is 53.2 Å². The first-order valence-corrected chi connectivity index (χ1v) is 11.2. The van der Waals surface area contributed by atoms with Crippen LogP contribution in [0.3, 0.4) is 0 Å². The van der Waals surface area contributed by atoms with Crippen molar-refractivity contribution in [2.45, 2.75) is 25.4 Å². The molecule has 1 saturated carbocycles. The second-order valence-electron chi connectivity index (χ2n) is 8.47. The molecule has 3 aromatic rings. The van der Waals surface area contributed by atoms with Crippen LogP contribution in [-0.4, -0.2) is 63.6 Å². The van der Waals surface area contributed by atoms with Crippen LogP contribution in [0.1, 0.15) is 18.4 Å². The van der Waals surface area contributed by atoms with Crippen molar-refractivity contribution < 1.29 is 9.59 Å². The first-order valence-electron chi connectivity index (χ1n) is 11.2. The van der Waals surface area contributed by atoms with E-state index in [1.54, 1.807) is 4.90 Å². The van der Waals surface area contributed by atoms with Crippen LogP contribution < -0.4 is 5.32 Å². The summed E-state index contributed by atoms with van der Waals surface area (Å²) in [6.07, 6.45) is 4.05. The number of para-hydroxylation sites is 1. The fraction of sp³-hybridized carbons (Fsp3) is 0.320. The molecule has 7 nitrogen and oxygen atoms in total. The van der Waals surface area contributed by atoms with Gasteiger partial charge >= 0.3 is 11.8 Å². The van der Waals surface area contributed by atoms with Gasteiger partial charge in [-0.2, -0.15) is 5.10 Å². The summed E-state index contributed by atoms with van der Waals surface area (Å²) in [4.78, 5) is 28.5. The van der Waals surface area contributed by atoms with Gasteiger partial charge in [0.2, 0.25) is 0 Å². The number of hydrogen-bond acceptors (Lipinski definition) is 4. The minimum absolute atomic E-state index is 0.199. The Bertz CT molecular complexity index is 1080. The Balaban J connectivity index is 1.29. The van der Waals surface area contributed by atoms with Gasteiger partial charge in [-0.1, -0.05) is 48.5 Å².